The zero-order valence-corrected chi connectivity index (χ0v) is 16.0. The van der Waals surface area contributed by atoms with E-state index in [1.807, 2.05) is 19.1 Å². The third kappa shape index (κ3) is 4.75. The molecule has 0 amide bonds. The molecule has 3 aromatic rings. The Labute approximate surface area is 166 Å². The summed E-state index contributed by atoms with van der Waals surface area (Å²) in [5.74, 6) is 6.25. The maximum atomic E-state index is 12.0. The Bertz CT molecular complexity index is 1030. The number of ether oxygens (including phenoxy) is 1. The number of hydrazine groups is 1. The minimum absolute atomic E-state index is 0.0777. The van der Waals surface area contributed by atoms with Gasteiger partial charge in [0.05, 0.1) is 12.2 Å². The highest BCUT2D eigenvalue weighted by Gasteiger charge is 2.14. The van der Waals surface area contributed by atoms with Gasteiger partial charge in [0.25, 0.3) is 5.56 Å². The molecule has 0 unspecified atom stereocenters. The molecule has 2 aromatic heterocycles. The van der Waals surface area contributed by atoms with Gasteiger partial charge in [0.2, 0.25) is 0 Å². The number of benzene rings is 1. The van der Waals surface area contributed by atoms with Crippen LogP contribution in [0.25, 0.3) is 22.5 Å². The lowest BCUT2D eigenvalue weighted by Gasteiger charge is -2.13. The minimum Gasteiger partial charge on any atom is -0.493 e. The molecular weight excluding hydrogens is 376 g/mol. The number of aromatic amines is 1. The highest BCUT2D eigenvalue weighted by molar-refractivity contribution is 5.76. The van der Waals surface area contributed by atoms with Crippen LogP contribution in [0.3, 0.4) is 0 Å². The van der Waals surface area contributed by atoms with Crippen LogP contribution in [0, 0.1) is 0 Å². The van der Waals surface area contributed by atoms with Crippen LogP contribution in [0.15, 0.2) is 41.3 Å². The molecule has 1 aromatic carbocycles. The quantitative estimate of drug-likeness (QED) is 0.232. The van der Waals surface area contributed by atoms with Crippen molar-refractivity contribution < 1.29 is 14.6 Å². The van der Waals surface area contributed by atoms with Crippen LogP contribution in [0.2, 0.25) is 0 Å². The van der Waals surface area contributed by atoms with E-state index in [1.165, 1.54) is 0 Å². The summed E-state index contributed by atoms with van der Waals surface area (Å²) < 4.78 is 5.72. The van der Waals surface area contributed by atoms with Crippen molar-refractivity contribution in [2.45, 2.75) is 6.92 Å². The monoisotopic (exact) mass is 398 g/mol. The Morgan fingerprint density at radius 3 is 2.55 bits per heavy atom. The predicted octanol–water partition coefficient (Wildman–Crippen LogP) is 1.19. The third-order valence-electron chi connectivity index (χ3n) is 3.87. The Morgan fingerprint density at radius 2 is 1.97 bits per heavy atom. The summed E-state index contributed by atoms with van der Waals surface area (Å²) >= 11 is 0. The van der Waals surface area contributed by atoms with E-state index in [0.717, 1.165) is 18.2 Å². The zero-order valence-electron chi connectivity index (χ0n) is 16.0. The number of aliphatic hydroxyl groups excluding tert-OH is 1. The van der Waals surface area contributed by atoms with E-state index in [4.69, 9.17) is 21.4 Å². The van der Waals surface area contributed by atoms with E-state index in [1.54, 1.807) is 24.4 Å². The fourth-order valence-corrected chi connectivity index (χ4v) is 2.54. The van der Waals surface area contributed by atoms with Crippen molar-refractivity contribution in [3.8, 4) is 28.3 Å². The van der Waals surface area contributed by atoms with Crippen molar-refractivity contribution in [1.82, 2.24) is 15.0 Å². The maximum absolute atomic E-state index is 12.0. The van der Waals surface area contributed by atoms with Crippen molar-refractivity contribution in [2.75, 3.05) is 24.9 Å². The molecule has 0 aliphatic carbocycles. The molecule has 10 heteroatoms. The first-order valence-corrected chi connectivity index (χ1v) is 8.57. The van der Waals surface area contributed by atoms with Gasteiger partial charge in [-0.2, -0.15) is 0 Å². The van der Waals surface area contributed by atoms with Crippen molar-refractivity contribution in [2.24, 2.45) is 5.84 Å². The van der Waals surface area contributed by atoms with Gasteiger partial charge >= 0.3 is 0 Å². The summed E-state index contributed by atoms with van der Waals surface area (Å²) in [5.41, 5.74) is 9.93. The third-order valence-corrected chi connectivity index (χ3v) is 3.87. The molecule has 0 radical (unpaired) electrons. The Kier molecular flexibility index (Phi) is 7.40. The first kappa shape index (κ1) is 21.5. The average Bonchev–Trinajstić information content (AvgIpc) is 2.77. The second-order valence-corrected chi connectivity index (χ2v) is 5.55. The Balaban J connectivity index is 0.00000145. The molecule has 0 aliphatic rings. The first-order chi connectivity index (χ1) is 14.1. The van der Waals surface area contributed by atoms with Gasteiger partial charge in [-0.05, 0) is 30.7 Å². The number of aliphatic hydroxyl groups is 1. The molecule has 0 bridgehead atoms. The smallest absolute Gasteiger partial charge is 0.276 e. The van der Waals surface area contributed by atoms with Crippen LogP contribution >= 0.6 is 0 Å². The number of hydrogen-bond donors (Lipinski definition) is 5. The maximum Gasteiger partial charge on any atom is 0.276 e. The van der Waals surface area contributed by atoms with E-state index in [-0.39, 0.29) is 17.3 Å². The van der Waals surface area contributed by atoms with E-state index in [2.05, 4.69) is 20.4 Å². The molecule has 0 aliphatic heterocycles. The lowest BCUT2D eigenvalue weighted by atomic mass is 10.0. The number of nitrogens with zero attached hydrogens (tertiary/aromatic N) is 2. The molecule has 0 fully saturated rings. The van der Waals surface area contributed by atoms with Crippen molar-refractivity contribution in [3.63, 3.8) is 0 Å². The van der Waals surface area contributed by atoms with E-state index >= 15 is 0 Å². The molecule has 29 heavy (non-hydrogen) atoms. The van der Waals surface area contributed by atoms with Gasteiger partial charge in [0, 0.05) is 18.9 Å². The summed E-state index contributed by atoms with van der Waals surface area (Å²) in [6, 6.07) is 8.84. The van der Waals surface area contributed by atoms with Crippen LogP contribution in [-0.4, -0.2) is 40.1 Å². The van der Waals surface area contributed by atoms with E-state index in [9.17, 15) is 9.59 Å². The highest BCUT2D eigenvalue weighted by atomic mass is 16.5. The molecule has 152 valence electrons. The number of nitrogen functional groups attached to an aromatic ring is 2. The molecule has 3 rings (SSSR count). The first-order valence-electron chi connectivity index (χ1n) is 8.57. The largest absolute Gasteiger partial charge is 0.493 e. The summed E-state index contributed by atoms with van der Waals surface area (Å²) in [4.78, 5) is 33.7. The van der Waals surface area contributed by atoms with Gasteiger partial charge in [-0.25, -0.2) is 10.8 Å². The van der Waals surface area contributed by atoms with Gasteiger partial charge in [0.15, 0.2) is 12.1 Å². The van der Waals surface area contributed by atoms with Crippen molar-refractivity contribution in [1.29, 1.82) is 0 Å². The second-order valence-electron chi connectivity index (χ2n) is 5.55. The number of H-pyrrole nitrogens is 1. The molecule has 7 N–H and O–H groups in total. The topological polar surface area (TPSA) is 169 Å². The Hall–Kier alpha value is -3.76. The fraction of sp³-hybridized carbons (Fsp3) is 0.158. The van der Waals surface area contributed by atoms with Crippen LogP contribution in [0.1, 0.15) is 17.4 Å². The predicted molar refractivity (Wildman–Crippen MR) is 110 cm³/mol. The number of hydrogen-bond acceptors (Lipinski definition) is 9. The molecule has 10 nitrogen and oxygen atoms in total. The van der Waals surface area contributed by atoms with Crippen LogP contribution in [0.4, 0.5) is 11.5 Å². The van der Waals surface area contributed by atoms with Gasteiger partial charge in [0.1, 0.15) is 23.0 Å². The number of nitrogens with one attached hydrogen (secondary N) is 2. The molecule has 0 saturated heterocycles. The fourth-order valence-electron chi connectivity index (χ4n) is 2.54. The number of rotatable bonds is 6. The molecule has 0 spiro atoms. The average molecular weight is 398 g/mol. The van der Waals surface area contributed by atoms with Gasteiger partial charge in [-0.3, -0.25) is 14.6 Å². The van der Waals surface area contributed by atoms with Gasteiger partial charge in [-0.15, -0.1) is 0 Å². The number of nitrogens with two attached hydrogens (primary N) is 2. The normalized spacial score (nSPS) is 9.93. The van der Waals surface area contributed by atoms with E-state index in [0.29, 0.717) is 29.9 Å². The summed E-state index contributed by atoms with van der Waals surface area (Å²) in [6.07, 6.45) is 2.29. The van der Waals surface area contributed by atoms with Crippen molar-refractivity contribution in [3.05, 3.63) is 52.6 Å². The van der Waals surface area contributed by atoms with Gasteiger partial charge < -0.3 is 26.0 Å². The number of aromatic nitrogens is 3. The number of aldehydes is 1. The van der Waals surface area contributed by atoms with Crippen LogP contribution in [0.5, 0.6) is 5.75 Å². The number of carbonyl (C=O) groups excluding carboxylic acids is 1. The van der Waals surface area contributed by atoms with Gasteiger partial charge in [-0.1, -0.05) is 12.1 Å². The van der Waals surface area contributed by atoms with E-state index < -0.39 is 5.56 Å². The Morgan fingerprint density at radius 1 is 1.24 bits per heavy atom. The number of carbonyl (C=O) groups is 1. The molecule has 0 saturated carbocycles. The van der Waals surface area contributed by atoms with Crippen LogP contribution in [-0.2, 0) is 0 Å². The lowest BCUT2D eigenvalue weighted by Crippen LogP contribution is -2.20. The lowest BCUT2D eigenvalue weighted by molar-refractivity contribution is 0.111. The van der Waals surface area contributed by atoms with Crippen LogP contribution < -0.4 is 27.3 Å². The standard InChI is InChI=1S/C18H18N6O3.CH4O/c1-2-27-14-7-10(11-3-5-12(9-25)21-8-11)4-6-13(14)16-22-17(24-20)15(19)18(26)23-16;1-2/h3-9H,2,19-20H2,1H3,(H2,22,23,24,26);2H,1H3. The van der Waals surface area contributed by atoms with Crippen molar-refractivity contribution >= 4 is 17.8 Å². The number of anilines is 2. The summed E-state index contributed by atoms with van der Waals surface area (Å²) in [6.45, 7) is 2.27. The second kappa shape index (κ2) is 9.97. The summed E-state index contributed by atoms with van der Waals surface area (Å²) in [5, 5.41) is 7.00. The zero-order chi connectivity index (χ0) is 21.4. The SMILES string of the molecule is CCOc1cc(-c2ccc(C=O)nc2)ccc1-c1nc(NN)c(N)c(=O)[nH]1.CO. The molecular formula is C19H22N6O4. The molecule has 0 atom stereocenters. The highest BCUT2D eigenvalue weighted by Crippen LogP contribution is 2.33. The number of pyridine rings is 1. The minimum atomic E-state index is -0.506. The summed E-state index contributed by atoms with van der Waals surface area (Å²) in [7, 11) is 1.00. The molecule has 2 heterocycles.